The third-order valence-electron chi connectivity index (χ3n) is 3.10. The first kappa shape index (κ1) is 15.4. The number of ether oxygens (including phenoxy) is 1. The van der Waals surface area contributed by atoms with Gasteiger partial charge < -0.3 is 4.74 Å². The summed E-state index contributed by atoms with van der Waals surface area (Å²) in [5, 5.41) is 0.971. The average Bonchev–Trinajstić information content (AvgIpc) is 2.87. The van der Waals surface area contributed by atoms with E-state index in [4.69, 9.17) is 4.74 Å². The molecule has 0 N–H and O–H groups in total. The van der Waals surface area contributed by atoms with Gasteiger partial charge in [0.15, 0.2) is 0 Å². The van der Waals surface area contributed by atoms with Gasteiger partial charge in [0.05, 0.1) is 17.2 Å². The van der Waals surface area contributed by atoms with Crippen LogP contribution in [-0.2, 0) is 16.0 Å². The molecule has 21 heavy (non-hydrogen) atoms. The van der Waals surface area contributed by atoms with E-state index in [-0.39, 0.29) is 5.97 Å². The normalized spacial score (nSPS) is 11.0. The Labute approximate surface area is 129 Å². The van der Waals surface area contributed by atoms with E-state index < -0.39 is 0 Å². The molecule has 110 valence electrons. The van der Waals surface area contributed by atoms with Crippen molar-refractivity contribution in [1.82, 2.24) is 4.98 Å². The molecule has 0 unspecified atom stereocenters. The number of benzene rings is 1. The van der Waals surface area contributed by atoms with Crippen LogP contribution in [0.25, 0.3) is 16.6 Å². The van der Waals surface area contributed by atoms with Crippen molar-refractivity contribution in [3.63, 3.8) is 0 Å². The number of aromatic nitrogens is 1. The summed E-state index contributed by atoms with van der Waals surface area (Å²) in [5.74, 6) is -0.320. The summed E-state index contributed by atoms with van der Waals surface area (Å²) in [5.41, 5.74) is 3.35. The van der Waals surface area contributed by atoms with Crippen molar-refractivity contribution in [2.24, 2.45) is 0 Å². The van der Waals surface area contributed by atoms with Crippen molar-refractivity contribution in [2.45, 2.75) is 27.2 Å². The molecule has 0 spiro atoms. The lowest BCUT2D eigenvalue weighted by Gasteiger charge is -1.98. The van der Waals surface area contributed by atoms with Crippen molar-refractivity contribution in [1.29, 1.82) is 0 Å². The van der Waals surface area contributed by atoms with Gasteiger partial charge in [0.25, 0.3) is 0 Å². The van der Waals surface area contributed by atoms with Crippen molar-refractivity contribution in [2.75, 3.05) is 6.61 Å². The van der Waals surface area contributed by atoms with Crippen LogP contribution >= 0.6 is 11.3 Å². The van der Waals surface area contributed by atoms with Gasteiger partial charge in [-0.1, -0.05) is 31.2 Å². The van der Waals surface area contributed by atoms with E-state index in [0.29, 0.717) is 6.61 Å². The maximum Gasteiger partial charge on any atom is 0.330 e. The van der Waals surface area contributed by atoms with E-state index in [1.807, 2.05) is 6.92 Å². The van der Waals surface area contributed by atoms with Crippen molar-refractivity contribution in [3.05, 3.63) is 46.5 Å². The molecule has 0 saturated heterocycles. The van der Waals surface area contributed by atoms with Crippen LogP contribution in [0, 0.1) is 6.92 Å². The molecule has 4 heteroatoms. The third-order valence-corrected chi connectivity index (χ3v) is 4.27. The monoisotopic (exact) mass is 301 g/mol. The third kappa shape index (κ3) is 4.02. The van der Waals surface area contributed by atoms with Gasteiger partial charge in [-0.2, -0.15) is 0 Å². The minimum atomic E-state index is -0.320. The quantitative estimate of drug-likeness (QED) is 0.612. The van der Waals surface area contributed by atoms with Crippen molar-refractivity contribution >= 4 is 23.4 Å². The van der Waals surface area contributed by atoms with Crippen LogP contribution in [0.3, 0.4) is 0 Å². The van der Waals surface area contributed by atoms with Crippen LogP contribution in [0.1, 0.15) is 30.0 Å². The number of hydrogen-bond donors (Lipinski definition) is 0. The molecule has 0 saturated carbocycles. The summed E-state index contributed by atoms with van der Waals surface area (Å²) in [6.45, 7) is 6.27. The fourth-order valence-electron chi connectivity index (χ4n) is 1.90. The van der Waals surface area contributed by atoms with Crippen molar-refractivity contribution < 1.29 is 9.53 Å². The second-order valence-corrected chi connectivity index (χ2v) is 5.64. The molecule has 0 atom stereocenters. The second kappa shape index (κ2) is 7.18. The van der Waals surface area contributed by atoms with Gasteiger partial charge in [0.2, 0.25) is 0 Å². The van der Waals surface area contributed by atoms with Crippen LogP contribution in [-0.4, -0.2) is 17.6 Å². The van der Waals surface area contributed by atoms with E-state index in [1.54, 1.807) is 24.3 Å². The lowest BCUT2D eigenvalue weighted by Crippen LogP contribution is -1.98. The number of rotatable bonds is 5. The SMILES string of the molecule is CCOC(=O)/C=C/c1sc(-c2ccc(CC)cc2)nc1C. The fraction of sp³-hybridized carbons (Fsp3) is 0.294. The molecule has 0 aliphatic heterocycles. The summed E-state index contributed by atoms with van der Waals surface area (Å²) in [7, 11) is 0. The lowest BCUT2D eigenvalue weighted by atomic mass is 10.1. The largest absolute Gasteiger partial charge is 0.463 e. The van der Waals surface area contributed by atoms with E-state index in [9.17, 15) is 4.79 Å². The first-order valence-corrected chi connectivity index (χ1v) is 7.87. The number of aryl methyl sites for hydroxylation is 2. The van der Waals surface area contributed by atoms with Crippen LogP contribution < -0.4 is 0 Å². The van der Waals surface area contributed by atoms with Gasteiger partial charge in [-0.15, -0.1) is 11.3 Å². The number of hydrogen-bond acceptors (Lipinski definition) is 4. The fourth-order valence-corrected chi connectivity index (χ4v) is 2.88. The number of nitrogens with zero attached hydrogens (tertiary/aromatic N) is 1. The number of thiazole rings is 1. The molecule has 2 rings (SSSR count). The molecule has 2 aromatic rings. The predicted octanol–water partition coefficient (Wildman–Crippen LogP) is 4.26. The second-order valence-electron chi connectivity index (χ2n) is 4.60. The minimum Gasteiger partial charge on any atom is -0.463 e. The molecular formula is C17H19NO2S. The molecule has 1 heterocycles. The Morgan fingerprint density at radius 3 is 2.62 bits per heavy atom. The Morgan fingerprint density at radius 2 is 2.00 bits per heavy atom. The molecule has 1 aromatic carbocycles. The number of carbonyl (C=O) groups excluding carboxylic acids is 1. The Hall–Kier alpha value is -1.94. The van der Waals surface area contributed by atoms with Crippen LogP contribution in [0.2, 0.25) is 0 Å². The maximum atomic E-state index is 11.4. The maximum absolute atomic E-state index is 11.4. The highest BCUT2D eigenvalue weighted by atomic mass is 32.1. The van der Waals surface area contributed by atoms with Gasteiger partial charge in [-0.3, -0.25) is 0 Å². The van der Waals surface area contributed by atoms with E-state index >= 15 is 0 Å². The van der Waals surface area contributed by atoms with E-state index in [0.717, 1.165) is 27.6 Å². The molecule has 3 nitrogen and oxygen atoms in total. The average molecular weight is 301 g/mol. The summed E-state index contributed by atoms with van der Waals surface area (Å²) in [4.78, 5) is 16.9. The minimum absolute atomic E-state index is 0.320. The summed E-state index contributed by atoms with van der Waals surface area (Å²) in [6.07, 6.45) is 4.26. The summed E-state index contributed by atoms with van der Waals surface area (Å²) >= 11 is 1.58. The van der Waals surface area contributed by atoms with Gasteiger partial charge >= 0.3 is 5.97 Å². The lowest BCUT2D eigenvalue weighted by molar-refractivity contribution is -0.137. The first-order valence-electron chi connectivity index (χ1n) is 7.05. The Balaban J connectivity index is 2.20. The van der Waals surface area contributed by atoms with Crippen LogP contribution in [0.15, 0.2) is 30.3 Å². The van der Waals surface area contributed by atoms with Crippen molar-refractivity contribution in [3.8, 4) is 10.6 Å². The molecule has 0 amide bonds. The van der Waals surface area contributed by atoms with E-state index in [1.165, 1.54) is 11.6 Å². The van der Waals surface area contributed by atoms with Gasteiger partial charge in [-0.25, -0.2) is 9.78 Å². The Bertz CT molecular complexity index is 641. The topological polar surface area (TPSA) is 39.2 Å². The molecule has 0 fully saturated rings. The molecule has 0 aliphatic carbocycles. The highest BCUT2D eigenvalue weighted by Gasteiger charge is 2.08. The molecule has 0 radical (unpaired) electrons. The van der Waals surface area contributed by atoms with E-state index in [2.05, 4.69) is 36.2 Å². The molecule has 1 aromatic heterocycles. The zero-order valence-electron chi connectivity index (χ0n) is 12.6. The van der Waals surface area contributed by atoms with Gasteiger partial charge in [0, 0.05) is 11.6 Å². The summed E-state index contributed by atoms with van der Waals surface area (Å²) in [6, 6.07) is 8.44. The highest BCUT2D eigenvalue weighted by molar-refractivity contribution is 7.16. The number of carbonyl (C=O) groups is 1. The Morgan fingerprint density at radius 1 is 1.29 bits per heavy atom. The standard InChI is InChI=1S/C17H19NO2S/c1-4-13-6-8-14(9-7-13)17-18-12(3)15(21-17)10-11-16(19)20-5-2/h6-11H,4-5H2,1-3H3/b11-10+. The molecule has 0 bridgehead atoms. The molecule has 0 aliphatic rings. The van der Waals surface area contributed by atoms with Crippen LogP contribution in [0.4, 0.5) is 0 Å². The summed E-state index contributed by atoms with van der Waals surface area (Å²) < 4.78 is 4.88. The zero-order chi connectivity index (χ0) is 15.2. The molecular weight excluding hydrogens is 282 g/mol. The van der Waals surface area contributed by atoms with Crippen LogP contribution in [0.5, 0.6) is 0 Å². The first-order chi connectivity index (χ1) is 10.1. The Kier molecular flexibility index (Phi) is 5.28. The van der Waals surface area contributed by atoms with Gasteiger partial charge in [0.1, 0.15) is 5.01 Å². The number of esters is 1. The highest BCUT2D eigenvalue weighted by Crippen LogP contribution is 2.29. The predicted molar refractivity (Wildman–Crippen MR) is 87.3 cm³/mol. The smallest absolute Gasteiger partial charge is 0.330 e. The zero-order valence-corrected chi connectivity index (χ0v) is 13.4. The van der Waals surface area contributed by atoms with Gasteiger partial charge in [-0.05, 0) is 31.9 Å².